The van der Waals surface area contributed by atoms with Gasteiger partial charge in [-0.3, -0.25) is 4.68 Å². The summed E-state index contributed by atoms with van der Waals surface area (Å²) >= 11 is 0. The minimum atomic E-state index is -0.275. The minimum Gasteiger partial charge on any atom is -0.348 e. The molecule has 2 aliphatic rings. The summed E-state index contributed by atoms with van der Waals surface area (Å²) in [7, 11) is 1.88. The van der Waals surface area contributed by atoms with Gasteiger partial charge in [0, 0.05) is 72.4 Å². The molecule has 0 radical (unpaired) electrons. The molecule has 32 heavy (non-hydrogen) atoms. The van der Waals surface area contributed by atoms with E-state index in [9.17, 15) is 5.26 Å². The molecule has 0 unspecified atom stereocenters. The Labute approximate surface area is 184 Å². The van der Waals surface area contributed by atoms with Gasteiger partial charge in [-0.1, -0.05) is 0 Å². The summed E-state index contributed by atoms with van der Waals surface area (Å²) in [6, 6.07) is 9.01. The van der Waals surface area contributed by atoms with E-state index in [0.717, 1.165) is 52.3 Å². The summed E-state index contributed by atoms with van der Waals surface area (Å²) in [6.07, 6.45) is 7.19. The van der Waals surface area contributed by atoms with Gasteiger partial charge in [-0.2, -0.15) is 10.4 Å². The Balaban J connectivity index is 1.40. The van der Waals surface area contributed by atoms with Gasteiger partial charge in [0.15, 0.2) is 0 Å². The van der Waals surface area contributed by atoms with E-state index in [1.165, 1.54) is 0 Å². The van der Waals surface area contributed by atoms with E-state index < -0.39 is 0 Å². The number of hydrogen-bond acceptors (Lipinski definition) is 7. The smallest absolute Gasteiger partial charge is 0.138 e. The Hall–Kier alpha value is -3.74. The van der Waals surface area contributed by atoms with Crippen LogP contribution in [-0.4, -0.2) is 55.4 Å². The lowest BCUT2D eigenvalue weighted by atomic mass is 9.85. The van der Waals surface area contributed by atoms with E-state index in [-0.39, 0.29) is 11.6 Å². The zero-order chi connectivity index (χ0) is 22.0. The van der Waals surface area contributed by atoms with Gasteiger partial charge in [0.05, 0.1) is 23.5 Å². The Kier molecular flexibility index (Phi) is 3.93. The summed E-state index contributed by atoms with van der Waals surface area (Å²) in [5.41, 5.74) is 11.0. The fourth-order valence-corrected chi connectivity index (χ4v) is 5.08. The van der Waals surface area contributed by atoms with Crippen LogP contribution in [-0.2, 0) is 7.05 Å². The Morgan fingerprint density at radius 2 is 2.09 bits per heavy atom. The van der Waals surface area contributed by atoms with Crippen molar-refractivity contribution < 1.29 is 0 Å². The summed E-state index contributed by atoms with van der Waals surface area (Å²) in [5, 5.41) is 18.4. The number of aromatic nitrogens is 5. The SMILES string of the molecule is Cn1cc(-c2cc3c(-c4ccc(N5C[C@@H]6NC[C@@](C)(N)[C@@H]65)nc4)c(C#N)cnc3[nH]2)cn1. The first-order chi connectivity index (χ1) is 15.4. The number of aromatic amines is 1. The molecule has 0 spiro atoms. The zero-order valence-corrected chi connectivity index (χ0v) is 17.9. The lowest BCUT2D eigenvalue weighted by Gasteiger charge is -2.49. The molecule has 0 aromatic carbocycles. The molecule has 4 aromatic rings. The van der Waals surface area contributed by atoms with Crippen molar-refractivity contribution in [1.29, 1.82) is 5.26 Å². The number of nitrogens with one attached hydrogen (secondary N) is 2. The molecule has 4 aromatic heterocycles. The number of pyridine rings is 2. The monoisotopic (exact) mass is 425 g/mol. The average molecular weight is 426 g/mol. The highest BCUT2D eigenvalue weighted by molar-refractivity contribution is 5.98. The highest BCUT2D eigenvalue weighted by atomic mass is 15.4. The standard InChI is InChI=1S/C23H23N9/c1-23(25)12-28-18-11-32(21(18)23)19-4-3-13(7-26-19)20-14(6-24)8-27-22-16(20)5-17(30-22)15-9-29-31(2)10-15/h3-5,7-10,18,21,28H,11-12,25H2,1-2H3,(H,27,30)/t18-,21+,23+/m0/s1. The van der Waals surface area contributed by atoms with Crippen LogP contribution >= 0.6 is 0 Å². The number of aryl methyl sites for hydroxylation is 1. The molecule has 3 atom stereocenters. The van der Waals surface area contributed by atoms with Crippen molar-refractivity contribution in [3.8, 4) is 28.5 Å². The van der Waals surface area contributed by atoms with E-state index in [0.29, 0.717) is 11.6 Å². The molecule has 0 aliphatic carbocycles. The predicted octanol–water partition coefficient (Wildman–Crippen LogP) is 1.77. The van der Waals surface area contributed by atoms with E-state index in [1.54, 1.807) is 17.1 Å². The predicted molar refractivity (Wildman–Crippen MR) is 122 cm³/mol. The number of nitriles is 1. The van der Waals surface area contributed by atoms with Gasteiger partial charge < -0.3 is 20.9 Å². The second-order valence-corrected chi connectivity index (χ2v) is 9.00. The number of hydrogen-bond donors (Lipinski definition) is 3. The quantitative estimate of drug-likeness (QED) is 0.457. The highest BCUT2D eigenvalue weighted by Gasteiger charge is 2.53. The van der Waals surface area contributed by atoms with E-state index in [2.05, 4.69) is 38.3 Å². The van der Waals surface area contributed by atoms with Crippen LogP contribution in [0.5, 0.6) is 0 Å². The van der Waals surface area contributed by atoms with Crippen molar-refractivity contribution in [2.24, 2.45) is 12.8 Å². The fourth-order valence-electron chi connectivity index (χ4n) is 5.08. The topological polar surface area (TPSA) is 124 Å². The number of anilines is 1. The molecule has 2 aliphatic heterocycles. The third-order valence-corrected chi connectivity index (χ3v) is 6.66. The minimum absolute atomic E-state index is 0.245. The third-order valence-electron chi connectivity index (χ3n) is 6.66. The van der Waals surface area contributed by atoms with Crippen molar-refractivity contribution in [2.45, 2.75) is 24.5 Å². The van der Waals surface area contributed by atoms with Crippen LogP contribution in [0.25, 0.3) is 33.4 Å². The maximum absolute atomic E-state index is 9.75. The van der Waals surface area contributed by atoms with Crippen LogP contribution in [0.15, 0.2) is 43.0 Å². The van der Waals surface area contributed by atoms with Gasteiger partial charge in [0.2, 0.25) is 0 Å². The number of fused-ring (bicyclic) bond motifs is 2. The van der Waals surface area contributed by atoms with Crippen LogP contribution in [0.1, 0.15) is 12.5 Å². The molecule has 6 rings (SSSR count). The van der Waals surface area contributed by atoms with Crippen LogP contribution in [0.4, 0.5) is 5.82 Å². The molecular formula is C23H23N9. The Bertz CT molecular complexity index is 1370. The molecule has 0 amide bonds. The molecular weight excluding hydrogens is 402 g/mol. The second-order valence-electron chi connectivity index (χ2n) is 9.00. The zero-order valence-electron chi connectivity index (χ0n) is 17.9. The maximum atomic E-state index is 9.75. The lowest BCUT2D eigenvalue weighted by Crippen LogP contribution is -2.69. The van der Waals surface area contributed by atoms with Gasteiger partial charge in [-0.15, -0.1) is 0 Å². The van der Waals surface area contributed by atoms with Crippen molar-refractivity contribution >= 4 is 16.9 Å². The van der Waals surface area contributed by atoms with Crippen molar-refractivity contribution in [3.63, 3.8) is 0 Å². The summed E-state index contributed by atoms with van der Waals surface area (Å²) in [6.45, 7) is 3.80. The van der Waals surface area contributed by atoms with Gasteiger partial charge in [0.25, 0.3) is 0 Å². The maximum Gasteiger partial charge on any atom is 0.138 e. The van der Waals surface area contributed by atoms with Crippen LogP contribution < -0.4 is 16.0 Å². The van der Waals surface area contributed by atoms with Crippen LogP contribution in [0.2, 0.25) is 0 Å². The van der Waals surface area contributed by atoms with Crippen molar-refractivity contribution in [2.75, 3.05) is 18.0 Å². The highest BCUT2D eigenvalue weighted by Crippen LogP contribution is 2.37. The molecule has 4 N–H and O–H groups in total. The van der Waals surface area contributed by atoms with Crippen LogP contribution in [0, 0.1) is 11.3 Å². The summed E-state index contributed by atoms with van der Waals surface area (Å²) in [5.74, 6) is 0.907. The molecule has 9 heteroatoms. The van der Waals surface area contributed by atoms with Crippen LogP contribution in [0.3, 0.4) is 0 Å². The summed E-state index contributed by atoms with van der Waals surface area (Å²) < 4.78 is 1.76. The Morgan fingerprint density at radius 1 is 1.22 bits per heavy atom. The van der Waals surface area contributed by atoms with Crippen molar-refractivity contribution in [1.82, 2.24) is 30.0 Å². The second kappa shape index (κ2) is 6.63. The number of nitrogens with zero attached hydrogens (tertiary/aromatic N) is 6. The molecule has 6 heterocycles. The first kappa shape index (κ1) is 19.0. The molecule has 0 saturated carbocycles. The van der Waals surface area contributed by atoms with E-state index >= 15 is 0 Å². The van der Waals surface area contributed by atoms with Gasteiger partial charge in [-0.25, -0.2) is 9.97 Å². The van der Waals surface area contributed by atoms with Gasteiger partial charge >= 0.3 is 0 Å². The fraction of sp³-hybridized carbons (Fsp3) is 0.304. The van der Waals surface area contributed by atoms with Gasteiger partial charge in [-0.05, 0) is 25.1 Å². The first-order valence-corrected chi connectivity index (χ1v) is 10.6. The molecule has 2 fully saturated rings. The molecule has 9 nitrogen and oxygen atoms in total. The average Bonchev–Trinajstić information content (AvgIpc) is 3.43. The molecule has 0 bridgehead atoms. The lowest BCUT2D eigenvalue weighted by molar-refractivity contribution is 0.319. The largest absolute Gasteiger partial charge is 0.348 e. The van der Waals surface area contributed by atoms with Gasteiger partial charge in [0.1, 0.15) is 17.5 Å². The number of rotatable bonds is 3. The number of nitrogens with two attached hydrogens (primary N) is 1. The molecule has 160 valence electrons. The Morgan fingerprint density at radius 3 is 2.78 bits per heavy atom. The van der Waals surface area contributed by atoms with E-state index in [1.807, 2.05) is 37.6 Å². The normalized spacial score (nSPS) is 24.4. The summed E-state index contributed by atoms with van der Waals surface area (Å²) in [4.78, 5) is 14.8. The van der Waals surface area contributed by atoms with Crippen molar-refractivity contribution in [3.05, 3.63) is 48.5 Å². The number of H-pyrrole nitrogens is 1. The first-order valence-electron chi connectivity index (χ1n) is 10.6. The third kappa shape index (κ3) is 2.74. The molecule has 2 saturated heterocycles. The van der Waals surface area contributed by atoms with E-state index in [4.69, 9.17) is 10.7 Å².